The topological polar surface area (TPSA) is 63.8 Å². The molecule has 0 aromatic rings. The van der Waals surface area contributed by atoms with E-state index in [1.165, 1.54) is 25.7 Å². The van der Waals surface area contributed by atoms with Crippen LogP contribution in [0.2, 0.25) is 0 Å². The Bertz CT molecular complexity index is 372. The Morgan fingerprint density at radius 3 is 1.97 bits per heavy atom. The van der Waals surface area contributed by atoms with E-state index >= 15 is 0 Å². The first-order valence-electron chi connectivity index (χ1n) is 12.4. The molecular formula is C24H53N3O3. The zero-order valence-corrected chi connectivity index (χ0v) is 21.1. The maximum Gasteiger partial charge on any atom is 0.0707 e. The van der Waals surface area contributed by atoms with Crippen molar-refractivity contribution < 1.29 is 14.5 Å². The highest BCUT2D eigenvalue weighted by Crippen LogP contribution is 2.15. The first kappa shape index (κ1) is 29.8. The van der Waals surface area contributed by atoms with Crippen LogP contribution in [0.3, 0.4) is 0 Å². The molecule has 0 aliphatic rings. The number of rotatable bonds is 22. The first-order valence-corrected chi connectivity index (χ1v) is 12.4. The Labute approximate surface area is 187 Å². The Morgan fingerprint density at radius 1 is 0.767 bits per heavy atom. The van der Waals surface area contributed by atoms with Crippen molar-refractivity contribution in [2.45, 2.75) is 105 Å². The average Bonchev–Trinajstić information content (AvgIpc) is 2.69. The fourth-order valence-electron chi connectivity index (χ4n) is 3.13. The summed E-state index contributed by atoms with van der Waals surface area (Å²) < 4.78 is 0. The molecule has 3 N–H and O–H groups in total. The molecule has 0 bridgehead atoms. The van der Waals surface area contributed by atoms with Gasteiger partial charge in [-0.3, -0.25) is 0 Å². The van der Waals surface area contributed by atoms with E-state index in [0.717, 1.165) is 64.5 Å². The molecule has 0 aliphatic heterocycles. The van der Waals surface area contributed by atoms with Crippen molar-refractivity contribution in [1.82, 2.24) is 16.4 Å². The molecule has 0 rings (SSSR count). The third-order valence-electron chi connectivity index (χ3n) is 5.67. The second kappa shape index (κ2) is 19.4. The predicted octanol–water partition coefficient (Wildman–Crippen LogP) is 5.40. The minimum atomic E-state index is -0.146. The van der Waals surface area contributed by atoms with Crippen molar-refractivity contribution in [3.05, 3.63) is 0 Å². The van der Waals surface area contributed by atoms with Gasteiger partial charge in [-0.2, -0.15) is 5.48 Å². The Morgan fingerprint density at radius 2 is 1.40 bits per heavy atom. The molecule has 0 spiro atoms. The van der Waals surface area contributed by atoms with Crippen molar-refractivity contribution >= 4 is 0 Å². The van der Waals surface area contributed by atoms with Gasteiger partial charge in [-0.05, 0) is 63.2 Å². The number of hydroxylamine groups is 3. The van der Waals surface area contributed by atoms with Crippen molar-refractivity contribution in [2.24, 2.45) is 17.8 Å². The van der Waals surface area contributed by atoms with Gasteiger partial charge in [-0.15, -0.1) is 0 Å². The van der Waals surface area contributed by atoms with Gasteiger partial charge in [0.1, 0.15) is 0 Å². The van der Waals surface area contributed by atoms with Crippen LogP contribution in [-0.4, -0.2) is 38.4 Å². The van der Waals surface area contributed by atoms with Gasteiger partial charge in [0, 0.05) is 18.6 Å². The molecular weight excluding hydrogens is 378 g/mol. The van der Waals surface area contributed by atoms with Crippen molar-refractivity contribution in [2.75, 3.05) is 32.9 Å². The van der Waals surface area contributed by atoms with Crippen molar-refractivity contribution in [3.63, 3.8) is 0 Å². The molecule has 6 heteroatoms. The largest absolute Gasteiger partial charge is 0.302 e. The fraction of sp³-hybridized carbons (Fsp3) is 1.00. The Kier molecular flexibility index (Phi) is 19.3. The SMILES string of the molecule is CCCC(C)CONC(C)(CCNOCCCC(C)C)CCNOCCC(C)CC. The van der Waals surface area contributed by atoms with Gasteiger partial charge in [-0.1, -0.05) is 54.4 Å². The molecule has 30 heavy (non-hydrogen) atoms. The first-order chi connectivity index (χ1) is 14.3. The zero-order chi connectivity index (χ0) is 22.7. The van der Waals surface area contributed by atoms with Gasteiger partial charge >= 0.3 is 0 Å². The molecule has 3 unspecified atom stereocenters. The van der Waals surface area contributed by atoms with E-state index < -0.39 is 0 Å². The number of nitrogens with one attached hydrogen (secondary N) is 3. The van der Waals surface area contributed by atoms with Crippen LogP contribution in [0, 0.1) is 17.8 Å². The summed E-state index contributed by atoms with van der Waals surface area (Å²) in [5, 5.41) is 0. The highest BCUT2D eigenvalue weighted by atomic mass is 16.7. The van der Waals surface area contributed by atoms with E-state index in [4.69, 9.17) is 14.5 Å². The van der Waals surface area contributed by atoms with Crippen LogP contribution in [0.25, 0.3) is 0 Å². The van der Waals surface area contributed by atoms with E-state index in [2.05, 4.69) is 64.9 Å². The van der Waals surface area contributed by atoms with Gasteiger partial charge in [0.2, 0.25) is 0 Å². The van der Waals surface area contributed by atoms with E-state index in [-0.39, 0.29) is 5.54 Å². The lowest BCUT2D eigenvalue weighted by atomic mass is 9.95. The fourth-order valence-corrected chi connectivity index (χ4v) is 3.13. The van der Waals surface area contributed by atoms with Crippen LogP contribution >= 0.6 is 0 Å². The third kappa shape index (κ3) is 18.5. The van der Waals surface area contributed by atoms with E-state index in [1.807, 2.05) is 0 Å². The minimum Gasteiger partial charge on any atom is -0.302 e. The second-order valence-electron chi connectivity index (χ2n) is 9.69. The molecule has 0 radical (unpaired) electrons. The summed E-state index contributed by atoms with van der Waals surface area (Å²) in [7, 11) is 0. The number of hydrogen-bond donors (Lipinski definition) is 3. The number of hydrogen-bond acceptors (Lipinski definition) is 6. The quantitative estimate of drug-likeness (QED) is 0.158. The summed E-state index contributed by atoms with van der Waals surface area (Å²) in [6.07, 6.45) is 8.79. The summed E-state index contributed by atoms with van der Waals surface area (Å²) in [6, 6.07) is 0. The maximum atomic E-state index is 5.87. The lowest BCUT2D eigenvalue weighted by molar-refractivity contribution is -0.0492. The summed E-state index contributed by atoms with van der Waals surface area (Å²) in [6.45, 7) is 19.5. The lowest BCUT2D eigenvalue weighted by Gasteiger charge is -2.31. The maximum absolute atomic E-state index is 5.87. The van der Waals surface area contributed by atoms with Gasteiger partial charge in [0.15, 0.2) is 0 Å². The highest BCUT2D eigenvalue weighted by Gasteiger charge is 2.24. The van der Waals surface area contributed by atoms with Gasteiger partial charge in [0.25, 0.3) is 0 Å². The normalized spacial score (nSPS) is 16.0. The standard InChI is InChI=1S/C24H53N3O3/c1-8-11-23(6)20-30-27-24(7,14-16-25-28-18-10-12-21(3)4)15-17-26-29-19-13-22(5)9-2/h21-23,25-27H,8-20H2,1-7H3. The highest BCUT2D eigenvalue weighted by molar-refractivity contribution is 4.81. The molecule has 0 aromatic heterocycles. The van der Waals surface area contributed by atoms with Crippen LogP contribution in [0.15, 0.2) is 0 Å². The van der Waals surface area contributed by atoms with Crippen LogP contribution in [-0.2, 0) is 14.5 Å². The monoisotopic (exact) mass is 431 g/mol. The van der Waals surface area contributed by atoms with Gasteiger partial charge in [0.05, 0.1) is 19.8 Å². The van der Waals surface area contributed by atoms with Crippen LogP contribution in [0.4, 0.5) is 0 Å². The van der Waals surface area contributed by atoms with E-state index in [9.17, 15) is 0 Å². The summed E-state index contributed by atoms with van der Waals surface area (Å²) >= 11 is 0. The molecule has 0 aromatic carbocycles. The molecule has 0 saturated heterocycles. The summed E-state index contributed by atoms with van der Waals surface area (Å²) in [5.74, 6) is 2.01. The van der Waals surface area contributed by atoms with Crippen molar-refractivity contribution in [1.29, 1.82) is 0 Å². The second-order valence-corrected chi connectivity index (χ2v) is 9.69. The zero-order valence-electron chi connectivity index (χ0n) is 21.1. The van der Waals surface area contributed by atoms with E-state index in [1.54, 1.807) is 0 Å². The van der Waals surface area contributed by atoms with Crippen LogP contribution in [0.5, 0.6) is 0 Å². The lowest BCUT2D eigenvalue weighted by Crippen LogP contribution is -2.47. The van der Waals surface area contributed by atoms with Crippen molar-refractivity contribution in [3.8, 4) is 0 Å². The van der Waals surface area contributed by atoms with Crippen LogP contribution in [0.1, 0.15) is 99.8 Å². The Hall–Kier alpha value is -0.240. The van der Waals surface area contributed by atoms with Gasteiger partial charge < -0.3 is 14.5 Å². The summed E-state index contributed by atoms with van der Waals surface area (Å²) in [4.78, 5) is 17.1. The molecule has 0 aliphatic carbocycles. The molecule has 0 fully saturated rings. The van der Waals surface area contributed by atoms with Gasteiger partial charge in [-0.25, -0.2) is 11.0 Å². The minimum absolute atomic E-state index is 0.146. The molecule has 182 valence electrons. The summed E-state index contributed by atoms with van der Waals surface area (Å²) in [5.41, 5.74) is 9.42. The molecule has 0 heterocycles. The van der Waals surface area contributed by atoms with E-state index in [0.29, 0.717) is 11.8 Å². The third-order valence-corrected chi connectivity index (χ3v) is 5.67. The smallest absolute Gasteiger partial charge is 0.0707 e. The molecule has 3 atom stereocenters. The predicted molar refractivity (Wildman–Crippen MR) is 127 cm³/mol. The molecule has 0 amide bonds. The molecule has 0 saturated carbocycles. The average molecular weight is 432 g/mol. The Balaban J connectivity index is 4.19. The van der Waals surface area contributed by atoms with Crippen LogP contribution < -0.4 is 16.4 Å². The molecule has 6 nitrogen and oxygen atoms in total.